The van der Waals surface area contributed by atoms with Crippen molar-refractivity contribution >= 4 is 17.5 Å². The van der Waals surface area contributed by atoms with E-state index in [2.05, 4.69) is 14.9 Å². The van der Waals surface area contributed by atoms with Gasteiger partial charge in [-0.2, -0.15) is 0 Å². The molecule has 1 aromatic carbocycles. The first-order chi connectivity index (χ1) is 16.3. The molecule has 9 heteroatoms. The van der Waals surface area contributed by atoms with Gasteiger partial charge < -0.3 is 20.2 Å². The number of nitrogens with zero attached hydrogens (tertiary/aromatic N) is 5. The third-order valence-electron chi connectivity index (χ3n) is 4.70. The molecule has 0 saturated carbocycles. The number of carbonyl (C=O) groups is 1. The molecule has 3 aromatic rings. The van der Waals surface area contributed by atoms with Crippen LogP contribution in [0.25, 0.3) is 16.0 Å². The van der Waals surface area contributed by atoms with Crippen LogP contribution in [0.2, 0.25) is 0 Å². The van der Waals surface area contributed by atoms with E-state index in [-0.39, 0.29) is 44.5 Å². The van der Waals surface area contributed by atoms with Crippen molar-refractivity contribution in [1.82, 2.24) is 19.7 Å². The van der Waals surface area contributed by atoms with Crippen molar-refractivity contribution in [3.05, 3.63) is 64.5 Å². The van der Waals surface area contributed by atoms with Gasteiger partial charge in [0, 0.05) is 34.0 Å². The molecular formula is C21H19FN6O2. The van der Waals surface area contributed by atoms with Gasteiger partial charge in [-0.05, 0) is 36.8 Å². The lowest BCUT2D eigenvalue weighted by Gasteiger charge is -2.23. The zero-order valence-corrected chi connectivity index (χ0v) is 16.0. The van der Waals surface area contributed by atoms with Crippen LogP contribution in [-0.2, 0) is 13.5 Å². The fraction of sp³-hybridized carbons (Fsp3) is 0.238. The van der Waals surface area contributed by atoms with Crippen LogP contribution in [0.15, 0.2) is 30.5 Å². The molecule has 1 atom stereocenters. The highest BCUT2D eigenvalue weighted by Gasteiger charge is 2.27. The van der Waals surface area contributed by atoms with Crippen molar-refractivity contribution in [2.24, 2.45) is 7.05 Å². The molecule has 8 nitrogen and oxygen atoms in total. The minimum absolute atomic E-state index is 0.0199. The Balaban J connectivity index is 2.15. The molecule has 0 radical (unpaired) electrons. The van der Waals surface area contributed by atoms with E-state index in [0.717, 1.165) is 22.9 Å². The van der Waals surface area contributed by atoms with Crippen molar-refractivity contribution in [3.8, 4) is 16.9 Å². The molecule has 0 fully saturated rings. The Morgan fingerprint density at radius 2 is 2.27 bits per heavy atom. The predicted molar refractivity (Wildman–Crippen MR) is 108 cm³/mol. The monoisotopic (exact) mass is 411 g/mol. The zero-order chi connectivity index (χ0) is 25.9. The first-order valence-electron chi connectivity index (χ1n) is 11.3. The van der Waals surface area contributed by atoms with Gasteiger partial charge in [0.15, 0.2) is 11.6 Å². The van der Waals surface area contributed by atoms with Crippen LogP contribution in [0, 0.1) is 12.4 Å². The first-order valence-corrected chi connectivity index (χ1v) is 8.79. The van der Waals surface area contributed by atoms with Gasteiger partial charge >= 0.3 is 0 Å². The number of halogens is 1. The molecule has 0 spiro atoms. The van der Waals surface area contributed by atoms with Gasteiger partial charge in [0.25, 0.3) is 11.7 Å². The van der Waals surface area contributed by atoms with Gasteiger partial charge in [-0.25, -0.2) is 14.1 Å². The van der Waals surface area contributed by atoms with Crippen LogP contribution >= 0.6 is 0 Å². The van der Waals surface area contributed by atoms with Crippen LogP contribution in [0.3, 0.4) is 0 Å². The Kier molecular flexibility index (Phi) is 3.36. The summed E-state index contributed by atoms with van der Waals surface area (Å²) in [6, 6.07) is 4.44. The van der Waals surface area contributed by atoms with Crippen LogP contribution < -0.4 is 10.5 Å². The number of hydrogen-bond donors (Lipinski definition) is 1. The van der Waals surface area contributed by atoms with Gasteiger partial charge in [0.1, 0.15) is 17.6 Å². The molecule has 0 saturated heterocycles. The Labute approximate surface area is 179 Å². The number of rotatable bonds is 0. The molecule has 0 unspecified atom stereocenters. The minimum atomic E-state index is -3.28. The van der Waals surface area contributed by atoms with E-state index in [1.54, 1.807) is 0 Å². The average Bonchev–Trinajstić information content (AvgIpc) is 3.10. The highest BCUT2D eigenvalue weighted by Crippen LogP contribution is 2.38. The van der Waals surface area contributed by atoms with E-state index in [0.29, 0.717) is 0 Å². The maximum absolute atomic E-state index is 14.2. The van der Waals surface area contributed by atoms with Gasteiger partial charge in [-0.1, -0.05) is 6.57 Å². The number of benzene rings is 1. The molecule has 2 N–H and O–H groups in total. The number of fused-ring (bicyclic) bond motifs is 5. The summed E-state index contributed by atoms with van der Waals surface area (Å²) in [7, 11) is 1.39. The number of aryl methyl sites for hydroxylation is 1. The van der Waals surface area contributed by atoms with Crippen LogP contribution in [0.1, 0.15) is 41.5 Å². The van der Waals surface area contributed by atoms with Gasteiger partial charge in [0.05, 0.1) is 16.3 Å². The molecule has 2 bridgehead atoms. The van der Waals surface area contributed by atoms with Crippen molar-refractivity contribution in [3.63, 3.8) is 0 Å². The number of nitrogen functional groups attached to an aromatic ring is 1. The smallest absolute Gasteiger partial charge is 0.260 e. The van der Waals surface area contributed by atoms with Crippen LogP contribution in [-0.4, -0.2) is 32.5 Å². The average molecular weight is 411 g/mol. The molecule has 2 aromatic heterocycles. The standard InChI is InChI=1S/C21H19FN6O2/c1-11-15-8-13(22)5-6-14(15)21(29)27(3)10-16-18(20(24-2)28(4)26-16)12-7-17(30-11)19(23)25-9-12/h5-9,11H,10H2,1,3-4H3,(H2,23,25)/t11-/m1/s1/i3D3,10D2. The second kappa shape index (κ2) is 7.15. The number of aromatic nitrogens is 3. The fourth-order valence-electron chi connectivity index (χ4n) is 3.27. The second-order valence-corrected chi connectivity index (χ2v) is 6.63. The van der Waals surface area contributed by atoms with E-state index in [1.165, 1.54) is 26.2 Å². The Morgan fingerprint density at radius 1 is 1.47 bits per heavy atom. The number of nitrogens with two attached hydrogens (primary N) is 1. The summed E-state index contributed by atoms with van der Waals surface area (Å²) in [6.45, 7) is 2.77. The number of anilines is 1. The van der Waals surface area contributed by atoms with Crippen molar-refractivity contribution < 1.29 is 20.8 Å². The molecule has 0 aliphatic carbocycles. The Bertz CT molecular complexity index is 1400. The van der Waals surface area contributed by atoms with Gasteiger partial charge in [-0.15, -0.1) is 5.10 Å². The van der Waals surface area contributed by atoms with E-state index in [1.807, 2.05) is 0 Å². The van der Waals surface area contributed by atoms with Gasteiger partial charge in [0.2, 0.25) is 0 Å². The van der Waals surface area contributed by atoms with Crippen molar-refractivity contribution in [2.45, 2.75) is 19.5 Å². The highest BCUT2D eigenvalue weighted by atomic mass is 19.1. The highest BCUT2D eigenvalue weighted by molar-refractivity contribution is 5.96. The summed E-state index contributed by atoms with van der Waals surface area (Å²) < 4.78 is 62.7. The summed E-state index contributed by atoms with van der Waals surface area (Å²) in [5.41, 5.74) is 5.26. The van der Waals surface area contributed by atoms with E-state index >= 15 is 0 Å². The summed E-state index contributed by atoms with van der Waals surface area (Å²) >= 11 is 0. The fourth-order valence-corrected chi connectivity index (χ4v) is 3.27. The van der Waals surface area contributed by atoms with Gasteiger partial charge in [-0.3, -0.25) is 4.79 Å². The van der Waals surface area contributed by atoms with Crippen LogP contribution in [0.5, 0.6) is 5.75 Å². The molecule has 4 rings (SSSR count). The molecule has 3 heterocycles. The molecule has 1 aliphatic heterocycles. The quantitative estimate of drug-likeness (QED) is 0.572. The number of hydrogen-bond acceptors (Lipinski definition) is 5. The molecule has 1 amide bonds. The Morgan fingerprint density at radius 3 is 3.00 bits per heavy atom. The lowest BCUT2D eigenvalue weighted by Crippen LogP contribution is -2.28. The normalized spacial score (nSPS) is 20.5. The molecule has 30 heavy (non-hydrogen) atoms. The topological polar surface area (TPSA) is 90.6 Å². The molecule has 152 valence electrons. The summed E-state index contributed by atoms with van der Waals surface area (Å²) in [5, 5.41) is 4.09. The Hall–Kier alpha value is -3.93. The number of amides is 1. The number of pyridine rings is 1. The zero-order valence-electron chi connectivity index (χ0n) is 21.0. The molecular weight excluding hydrogens is 387 g/mol. The summed E-state index contributed by atoms with van der Waals surface area (Å²) in [4.78, 5) is 21.2. The second-order valence-electron chi connectivity index (χ2n) is 6.63. The molecule has 1 aliphatic rings. The minimum Gasteiger partial charge on any atom is -0.482 e. The van der Waals surface area contributed by atoms with E-state index in [4.69, 9.17) is 23.9 Å². The lowest BCUT2D eigenvalue weighted by molar-refractivity contribution is 0.0778. The maximum Gasteiger partial charge on any atom is 0.260 e. The first kappa shape index (κ1) is 14.1. The van der Waals surface area contributed by atoms with Crippen LogP contribution in [0.4, 0.5) is 16.0 Å². The third-order valence-corrected chi connectivity index (χ3v) is 4.70. The van der Waals surface area contributed by atoms with E-state index in [9.17, 15) is 9.18 Å². The largest absolute Gasteiger partial charge is 0.482 e. The number of ether oxygens (including phenoxy) is 1. The lowest BCUT2D eigenvalue weighted by atomic mass is 10.0. The summed E-state index contributed by atoms with van der Waals surface area (Å²) in [5.74, 6) is -2.07. The SMILES string of the molecule is [2H]C([2H])([2H])N1C(=O)c2ccc(F)cc2[C@@H](C)Oc2cc(cnc2N)-c2c(nn(C)c2[N+]#[C-])C1([2H])[2H]. The van der Waals surface area contributed by atoms with Crippen molar-refractivity contribution in [1.29, 1.82) is 0 Å². The summed E-state index contributed by atoms with van der Waals surface area (Å²) in [6.07, 6.45) is 0.250. The third kappa shape index (κ3) is 3.12. The van der Waals surface area contributed by atoms with E-state index < -0.39 is 37.0 Å². The maximum atomic E-state index is 14.2. The number of carbonyl (C=O) groups excluding carboxylic acids is 1. The van der Waals surface area contributed by atoms with Crippen molar-refractivity contribution in [2.75, 3.05) is 12.7 Å². The predicted octanol–water partition coefficient (Wildman–Crippen LogP) is 3.48.